The van der Waals surface area contributed by atoms with Crippen molar-refractivity contribution in [1.29, 1.82) is 0 Å². The Kier molecular flexibility index (Phi) is 6.52. The first kappa shape index (κ1) is 22.7. The number of amides is 1. The summed E-state index contributed by atoms with van der Waals surface area (Å²) in [4.78, 5) is 26.3. The maximum atomic E-state index is 12.9. The fraction of sp³-hybridized carbons (Fsp3) is 0.455. The van der Waals surface area contributed by atoms with Gasteiger partial charge in [-0.2, -0.15) is 13.2 Å². The Morgan fingerprint density at radius 3 is 2.59 bits per heavy atom. The molecule has 4 rings (SSSR count). The van der Waals surface area contributed by atoms with Gasteiger partial charge in [0.2, 0.25) is 11.2 Å². The maximum Gasteiger partial charge on any atom is 0.416 e. The van der Waals surface area contributed by atoms with E-state index < -0.39 is 17.6 Å². The zero-order valence-corrected chi connectivity index (χ0v) is 18.3. The van der Waals surface area contributed by atoms with Gasteiger partial charge in [-0.1, -0.05) is 18.0 Å². The van der Waals surface area contributed by atoms with Crippen molar-refractivity contribution in [3.8, 4) is 5.75 Å². The maximum absolute atomic E-state index is 12.9. The van der Waals surface area contributed by atoms with E-state index in [2.05, 4.69) is 10.6 Å². The molecule has 32 heavy (non-hydrogen) atoms. The van der Waals surface area contributed by atoms with Crippen molar-refractivity contribution in [1.82, 2.24) is 9.21 Å². The van der Waals surface area contributed by atoms with Crippen LogP contribution in [0.15, 0.2) is 39.7 Å². The van der Waals surface area contributed by atoms with E-state index in [9.17, 15) is 22.8 Å². The molecule has 10 heteroatoms. The summed E-state index contributed by atoms with van der Waals surface area (Å²) in [5, 5.41) is 0. The molecule has 0 atom stereocenters. The van der Waals surface area contributed by atoms with Gasteiger partial charge in [0.25, 0.3) is 5.91 Å². The molecule has 2 aromatic rings. The van der Waals surface area contributed by atoms with Crippen LogP contribution in [0, 0.1) is 5.92 Å². The van der Waals surface area contributed by atoms with Crippen LogP contribution in [0.2, 0.25) is 0 Å². The topological polar surface area (TPSA) is 63.0 Å². The van der Waals surface area contributed by atoms with E-state index in [4.69, 9.17) is 9.15 Å². The normalized spacial score (nSPS) is 17.6. The fourth-order valence-electron chi connectivity index (χ4n) is 3.95. The molecule has 1 amide bonds. The van der Waals surface area contributed by atoms with Gasteiger partial charge in [-0.3, -0.25) is 13.9 Å². The molecule has 6 nitrogen and oxygen atoms in total. The van der Waals surface area contributed by atoms with Crippen LogP contribution in [0.25, 0.3) is 0 Å². The number of benzene rings is 1. The van der Waals surface area contributed by atoms with Crippen molar-refractivity contribution in [3.63, 3.8) is 0 Å². The molecule has 0 radical (unpaired) electrons. The molecule has 172 valence electrons. The Bertz CT molecular complexity index is 1050. The Hall–Kier alpha value is -2.46. The zero-order valence-electron chi connectivity index (χ0n) is 17.5. The molecule has 0 spiro atoms. The van der Waals surface area contributed by atoms with Crippen LogP contribution in [-0.4, -0.2) is 41.1 Å². The number of nitrogens with zero attached hydrogens (tertiary/aromatic N) is 2. The molecule has 2 aliphatic rings. The lowest BCUT2D eigenvalue weighted by atomic mass is 9.99. The van der Waals surface area contributed by atoms with Gasteiger partial charge in [-0.25, -0.2) is 0 Å². The number of hydrogen-bond acceptors (Lipinski definition) is 6. The number of piperidine rings is 1. The number of carbonyl (C=O) groups excluding carboxylic acids is 1. The second kappa shape index (κ2) is 9.19. The monoisotopic (exact) mass is 468 g/mol. The molecule has 2 aliphatic heterocycles. The molecule has 1 fully saturated rings. The van der Waals surface area contributed by atoms with Crippen LogP contribution in [0.5, 0.6) is 5.75 Å². The molecular weight excluding hydrogens is 445 g/mol. The number of fused-ring (bicyclic) bond motifs is 1. The average Bonchev–Trinajstić information content (AvgIpc) is 3.07. The Morgan fingerprint density at radius 2 is 1.94 bits per heavy atom. The minimum absolute atomic E-state index is 0.0163. The third kappa shape index (κ3) is 4.96. The molecule has 3 heterocycles. The summed E-state index contributed by atoms with van der Waals surface area (Å²) in [6.45, 7) is 2.55. The highest BCUT2D eigenvalue weighted by Crippen LogP contribution is 2.33. The van der Waals surface area contributed by atoms with Crippen LogP contribution in [0.1, 0.15) is 40.1 Å². The zero-order chi connectivity index (χ0) is 22.9. The van der Waals surface area contributed by atoms with Crippen molar-refractivity contribution in [2.75, 3.05) is 26.0 Å². The molecule has 0 N–H and O–H groups in total. The van der Waals surface area contributed by atoms with E-state index in [0.29, 0.717) is 18.1 Å². The number of alkyl halides is 3. The van der Waals surface area contributed by atoms with Crippen LogP contribution in [0.4, 0.5) is 13.2 Å². The Labute approximate surface area is 187 Å². The first-order valence-corrected chi connectivity index (χ1v) is 11.5. The van der Waals surface area contributed by atoms with Gasteiger partial charge in [-0.05, 0) is 42.7 Å². The SMILES string of the molecule is CSN1CCC(COc2coc(CN3Cc4ccc(C(F)(F)F)cc4C3=O)cc2=O)CC1. The van der Waals surface area contributed by atoms with E-state index in [1.165, 1.54) is 23.3 Å². The quantitative estimate of drug-likeness (QED) is 0.593. The number of rotatable bonds is 6. The van der Waals surface area contributed by atoms with E-state index >= 15 is 0 Å². The van der Waals surface area contributed by atoms with Crippen LogP contribution >= 0.6 is 11.9 Å². The van der Waals surface area contributed by atoms with Gasteiger partial charge in [0.15, 0.2) is 0 Å². The highest BCUT2D eigenvalue weighted by molar-refractivity contribution is 7.96. The van der Waals surface area contributed by atoms with Gasteiger partial charge >= 0.3 is 6.18 Å². The van der Waals surface area contributed by atoms with E-state index in [0.717, 1.165) is 38.1 Å². The summed E-state index contributed by atoms with van der Waals surface area (Å²) in [5.74, 6) is 0.213. The standard InChI is InChI=1S/C22H23F3N2O4S/c1-32-27-6-4-14(5-7-27)12-31-20-13-30-17(9-19(20)28)11-26-10-15-2-3-16(22(23,24)25)8-18(15)21(26)29/h2-3,8-9,13-14H,4-7,10-12H2,1H3. The molecule has 1 aromatic carbocycles. The fourth-order valence-corrected chi connectivity index (χ4v) is 4.52. The molecule has 0 saturated carbocycles. The number of halogens is 3. The first-order valence-electron chi connectivity index (χ1n) is 10.3. The third-order valence-electron chi connectivity index (χ3n) is 5.82. The predicted octanol–water partition coefficient (Wildman–Crippen LogP) is 4.18. The molecule has 0 aliphatic carbocycles. The Morgan fingerprint density at radius 1 is 1.19 bits per heavy atom. The van der Waals surface area contributed by atoms with Gasteiger partial charge in [0, 0.05) is 31.3 Å². The lowest BCUT2D eigenvalue weighted by Gasteiger charge is -2.29. The molecule has 1 aromatic heterocycles. The molecular formula is C22H23F3N2O4S. The van der Waals surface area contributed by atoms with Gasteiger partial charge in [0.05, 0.1) is 18.7 Å². The highest BCUT2D eigenvalue weighted by atomic mass is 32.2. The van der Waals surface area contributed by atoms with Crippen molar-refractivity contribution in [3.05, 3.63) is 63.2 Å². The van der Waals surface area contributed by atoms with Gasteiger partial charge in [-0.15, -0.1) is 0 Å². The summed E-state index contributed by atoms with van der Waals surface area (Å²) in [7, 11) is 0. The first-order chi connectivity index (χ1) is 15.2. The second-order valence-corrected chi connectivity index (χ2v) is 8.85. The minimum atomic E-state index is -4.52. The number of ether oxygens (including phenoxy) is 1. The lowest BCUT2D eigenvalue weighted by Crippen LogP contribution is -2.31. The van der Waals surface area contributed by atoms with Gasteiger partial charge in [0.1, 0.15) is 12.0 Å². The smallest absolute Gasteiger partial charge is 0.416 e. The van der Waals surface area contributed by atoms with E-state index in [1.807, 2.05) is 0 Å². The number of hydrogen-bond donors (Lipinski definition) is 0. The van der Waals surface area contributed by atoms with Crippen molar-refractivity contribution >= 4 is 17.9 Å². The Balaban J connectivity index is 1.36. The predicted molar refractivity (Wildman–Crippen MR) is 113 cm³/mol. The average molecular weight is 468 g/mol. The van der Waals surface area contributed by atoms with E-state index in [1.54, 1.807) is 11.9 Å². The number of carbonyl (C=O) groups is 1. The largest absolute Gasteiger partial charge is 0.486 e. The molecule has 0 bridgehead atoms. The summed E-state index contributed by atoms with van der Waals surface area (Å²) in [6.07, 6.45) is 0.773. The summed E-state index contributed by atoms with van der Waals surface area (Å²) in [5.41, 5.74) is -0.678. The lowest BCUT2D eigenvalue weighted by molar-refractivity contribution is -0.137. The van der Waals surface area contributed by atoms with Gasteiger partial charge < -0.3 is 14.1 Å². The summed E-state index contributed by atoms with van der Waals surface area (Å²) in [6, 6.07) is 4.41. The summed E-state index contributed by atoms with van der Waals surface area (Å²) >= 11 is 1.73. The third-order valence-corrected chi connectivity index (χ3v) is 6.70. The van der Waals surface area contributed by atoms with E-state index in [-0.39, 0.29) is 35.6 Å². The highest BCUT2D eigenvalue weighted by Gasteiger charge is 2.35. The second-order valence-electron chi connectivity index (χ2n) is 7.97. The van der Waals surface area contributed by atoms with Crippen LogP contribution in [0.3, 0.4) is 0 Å². The summed E-state index contributed by atoms with van der Waals surface area (Å²) < 4.78 is 52.3. The minimum Gasteiger partial charge on any atom is -0.486 e. The van der Waals surface area contributed by atoms with Crippen molar-refractivity contribution in [2.45, 2.75) is 32.1 Å². The van der Waals surface area contributed by atoms with Crippen LogP contribution in [-0.2, 0) is 19.3 Å². The molecule has 1 saturated heterocycles. The van der Waals surface area contributed by atoms with Crippen LogP contribution < -0.4 is 10.2 Å². The molecule has 0 unspecified atom stereocenters. The van der Waals surface area contributed by atoms with Crippen molar-refractivity contribution < 1.29 is 27.1 Å². The van der Waals surface area contributed by atoms with Crippen molar-refractivity contribution in [2.24, 2.45) is 5.92 Å².